The molecule has 0 radical (unpaired) electrons. The Balaban J connectivity index is 1.98. The van der Waals surface area contributed by atoms with Crippen LogP contribution in [-0.4, -0.2) is 31.7 Å². The van der Waals surface area contributed by atoms with Crippen molar-refractivity contribution in [3.05, 3.63) is 53.6 Å². The van der Waals surface area contributed by atoms with Gasteiger partial charge in [-0.05, 0) is 55.6 Å². The average Bonchev–Trinajstić information content (AvgIpc) is 2.85. The van der Waals surface area contributed by atoms with Crippen molar-refractivity contribution < 1.29 is 14.3 Å². The number of ether oxygens (including phenoxy) is 1. The zero-order valence-corrected chi connectivity index (χ0v) is 16.5. The summed E-state index contributed by atoms with van der Waals surface area (Å²) in [6.07, 6.45) is 1.60. The fourth-order valence-electron chi connectivity index (χ4n) is 3.44. The first-order valence-electron chi connectivity index (χ1n) is 9.82. The van der Waals surface area contributed by atoms with Crippen LogP contribution in [0.25, 0.3) is 0 Å². The van der Waals surface area contributed by atoms with Crippen LogP contribution >= 0.6 is 0 Å². The van der Waals surface area contributed by atoms with Crippen LogP contribution in [0, 0.1) is 0 Å². The normalized spacial score (nSPS) is 12.6. The fourth-order valence-corrected chi connectivity index (χ4v) is 3.44. The van der Waals surface area contributed by atoms with Crippen LogP contribution in [0.5, 0.6) is 0 Å². The molecule has 2 aromatic rings. The molecule has 0 aromatic heterocycles. The molecule has 2 amide bonds. The smallest absolute Gasteiger partial charge is 0.411 e. The number of fused-ring (bicyclic) bond motifs is 2. The summed E-state index contributed by atoms with van der Waals surface area (Å²) in [5.41, 5.74) is 4.58. The quantitative estimate of drug-likeness (QED) is 0.742. The van der Waals surface area contributed by atoms with Crippen LogP contribution in [0.2, 0.25) is 0 Å². The minimum Gasteiger partial charge on any atom is -0.450 e. The first kappa shape index (κ1) is 19.9. The number of carbonyl (C=O) groups is 2. The van der Waals surface area contributed by atoms with Gasteiger partial charge in [-0.25, -0.2) is 4.79 Å². The number of amides is 2. The van der Waals surface area contributed by atoms with Gasteiger partial charge in [0.25, 0.3) is 0 Å². The molecule has 0 saturated heterocycles. The molecule has 6 nitrogen and oxygen atoms in total. The zero-order chi connectivity index (χ0) is 19.9. The van der Waals surface area contributed by atoms with E-state index in [0.29, 0.717) is 25.3 Å². The average molecular weight is 381 g/mol. The third-order valence-electron chi connectivity index (χ3n) is 4.76. The van der Waals surface area contributed by atoms with E-state index in [9.17, 15) is 9.59 Å². The molecule has 0 bridgehead atoms. The molecule has 148 valence electrons. The number of carbonyl (C=O) groups excluding carboxylic acids is 2. The molecular formula is C22H27N3O3. The van der Waals surface area contributed by atoms with E-state index in [1.807, 2.05) is 43.3 Å². The second-order valence-corrected chi connectivity index (χ2v) is 6.65. The van der Waals surface area contributed by atoms with Crippen molar-refractivity contribution in [1.29, 1.82) is 0 Å². The molecular weight excluding hydrogens is 354 g/mol. The lowest BCUT2D eigenvalue weighted by Gasteiger charge is -2.25. The van der Waals surface area contributed by atoms with Crippen LogP contribution in [0.4, 0.5) is 21.9 Å². The van der Waals surface area contributed by atoms with Crippen LogP contribution in [0.1, 0.15) is 31.4 Å². The Bertz CT molecular complexity index is 851. The lowest BCUT2D eigenvalue weighted by atomic mass is 10.0. The SMILES string of the molecule is CCNCCC(=O)N1c2ccccc2CCc2ccc(NC(=O)OCC)cc21. The summed E-state index contributed by atoms with van der Waals surface area (Å²) >= 11 is 0. The van der Waals surface area contributed by atoms with Crippen molar-refractivity contribution in [2.75, 3.05) is 29.9 Å². The molecule has 0 fully saturated rings. The molecule has 0 spiro atoms. The Morgan fingerprint density at radius 1 is 1.04 bits per heavy atom. The minimum absolute atomic E-state index is 0.0323. The monoisotopic (exact) mass is 381 g/mol. The van der Waals surface area contributed by atoms with E-state index in [0.717, 1.165) is 41.9 Å². The van der Waals surface area contributed by atoms with Gasteiger partial charge in [0.05, 0.1) is 18.0 Å². The maximum atomic E-state index is 13.2. The highest BCUT2D eigenvalue weighted by Crippen LogP contribution is 2.38. The molecule has 3 rings (SSSR count). The van der Waals surface area contributed by atoms with Crippen molar-refractivity contribution in [2.24, 2.45) is 0 Å². The molecule has 0 aliphatic carbocycles. The van der Waals surface area contributed by atoms with Gasteiger partial charge < -0.3 is 10.1 Å². The van der Waals surface area contributed by atoms with Gasteiger partial charge in [-0.3, -0.25) is 15.0 Å². The standard InChI is InChI=1S/C22H27N3O3/c1-3-23-14-13-21(26)25-19-8-6-5-7-16(19)9-10-17-11-12-18(15-20(17)25)24-22(27)28-4-2/h5-8,11-12,15,23H,3-4,9-10,13-14H2,1-2H3,(H,24,27). The largest absolute Gasteiger partial charge is 0.450 e. The van der Waals surface area contributed by atoms with Gasteiger partial charge in [0.2, 0.25) is 5.91 Å². The predicted octanol–water partition coefficient (Wildman–Crippen LogP) is 4.02. The van der Waals surface area contributed by atoms with Crippen molar-refractivity contribution in [3.8, 4) is 0 Å². The maximum Gasteiger partial charge on any atom is 0.411 e. The van der Waals surface area contributed by atoms with Crippen LogP contribution in [0.15, 0.2) is 42.5 Å². The molecule has 1 aliphatic rings. The summed E-state index contributed by atoms with van der Waals surface area (Å²) < 4.78 is 4.97. The van der Waals surface area contributed by atoms with Crippen molar-refractivity contribution in [3.63, 3.8) is 0 Å². The predicted molar refractivity (Wildman–Crippen MR) is 111 cm³/mol. The van der Waals surface area contributed by atoms with E-state index in [1.54, 1.807) is 11.8 Å². The summed E-state index contributed by atoms with van der Waals surface area (Å²) in [5, 5.41) is 5.95. The van der Waals surface area contributed by atoms with Crippen LogP contribution < -0.4 is 15.5 Å². The number of nitrogens with zero attached hydrogens (tertiary/aromatic N) is 1. The van der Waals surface area contributed by atoms with E-state index in [-0.39, 0.29) is 5.91 Å². The first-order chi connectivity index (χ1) is 13.6. The Morgan fingerprint density at radius 2 is 1.79 bits per heavy atom. The van der Waals surface area contributed by atoms with Crippen LogP contribution in [-0.2, 0) is 22.4 Å². The van der Waals surface area contributed by atoms with Gasteiger partial charge >= 0.3 is 6.09 Å². The van der Waals surface area contributed by atoms with Gasteiger partial charge in [-0.1, -0.05) is 31.2 Å². The van der Waals surface area contributed by atoms with Crippen molar-refractivity contribution in [2.45, 2.75) is 33.1 Å². The van der Waals surface area contributed by atoms with E-state index < -0.39 is 6.09 Å². The number of aryl methyl sites for hydroxylation is 2. The molecule has 28 heavy (non-hydrogen) atoms. The summed E-state index contributed by atoms with van der Waals surface area (Å²) in [6, 6.07) is 13.7. The summed E-state index contributed by atoms with van der Waals surface area (Å²) in [4.78, 5) is 26.8. The molecule has 2 N–H and O–H groups in total. The van der Waals surface area contributed by atoms with E-state index >= 15 is 0 Å². The number of rotatable bonds is 6. The maximum absolute atomic E-state index is 13.2. The fraction of sp³-hybridized carbons (Fsp3) is 0.364. The molecule has 0 unspecified atom stereocenters. The minimum atomic E-state index is -0.499. The molecule has 0 atom stereocenters. The number of benzene rings is 2. The zero-order valence-electron chi connectivity index (χ0n) is 16.5. The summed E-state index contributed by atoms with van der Waals surface area (Å²) in [7, 11) is 0. The molecule has 1 aliphatic heterocycles. The molecule has 6 heteroatoms. The van der Waals surface area contributed by atoms with Gasteiger partial charge in [0, 0.05) is 18.7 Å². The van der Waals surface area contributed by atoms with Gasteiger partial charge in [0.15, 0.2) is 0 Å². The number of hydrogen-bond acceptors (Lipinski definition) is 4. The summed E-state index contributed by atoms with van der Waals surface area (Å²) in [5.74, 6) is 0.0323. The topological polar surface area (TPSA) is 70.7 Å². The second-order valence-electron chi connectivity index (χ2n) is 6.65. The summed E-state index contributed by atoms with van der Waals surface area (Å²) in [6.45, 7) is 5.55. The third kappa shape index (κ3) is 4.51. The number of anilines is 3. The Kier molecular flexibility index (Phi) is 6.66. The highest BCUT2D eigenvalue weighted by molar-refractivity contribution is 6.03. The molecule has 2 aromatic carbocycles. The highest BCUT2D eigenvalue weighted by atomic mass is 16.5. The van der Waals surface area contributed by atoms with E-state index in [1.165, 1.54) is 0 Å². The Hall–Kier alpha value is -2.86. The first-order valence-corrected chi connectivity index (χ1v) is 9.82. The second kappa shape index (κ2) is 9.37. The lowest BCUT2D eigenvalue weighted by Crippen LogP contribution is -2.30. The lowest BCUT2D eigenvalue weighted by molar-refractivity contribution is -0.117. The highest BCUT2D eigenvalue weighted by Gasteiger charge is 2.26. The molecule has 1 heterocycles. The van der Waals surface area contributed by atoms with Crippen molar-refractivity contribution >= 4 is 29.1 Å². The number of hydrogen-bond donors (Lipinski definition) is 2. The molecule has 0 saturated carbocycles. The Morgan fingerprint density at radius 3 is 2.54 bits per heavy atom. The van der Waals surface area contributed by atoms with Gasteiger partial charge in [-0.15, -0.1) is 0 Å². The third-order valence-corrected chi connectivity index (χ3v) is 4.76. The Labute approximate surface area is 165 Å². The van der Waals surface area contributed by atoms with E-state index in [4.69, 9.17) is 4.74 Å². The van der Waals surface area contributed by atoms with Crippen LogP contribution in [0.3, 0.4) is 0 Å². The number of para-hydroxylation sites is 1. The van der Waals surface area contributed by atoms with Crippen molar-refractivity contribution in [1.82, 2.24) is 5.32 Å². The van der Waals surface area contributed by atoms with E-state index in [2.05, 4.69) is 16.7 Å². The van der Waals surface area contributed by atoms with Gasteiger partial charge in [-0.2, -0.15) is 0 Å². The number of nitrogens with one attached hydrogen (secondary N) is 2. The van der Waals surface area contributed by atoms with Gasteiger partial charge in [0.1, 0.15) is 0 Å².